The molecule has 0 aliphatic heterocycles. The first-order valence-corrected chi connectivity index (χ1v) is 7.29. The topological polar surface area (TPSA) is 72.0 Å². The molecule has 0 bridgehead atoms. The normalized spacial score (nSPS) is 11.5. The number of aryl methyl sites for hydroxylation is 2. The molecule has 1 N–H and O–H groups in total. The van der Waals surface area contributed by atoms with Crippen molar-refractivity contribution < 1.29 is 8.42 Å². The average molecular weight is 277 g/mol. The number of nitrogens with one attached hydrogen (secondary N) is 1. The number of aromatic nitrogens is 2. The summed E-state index contributed by atoms with van der Waals surface area (Å²) in [5, 5.41) is 0. The zero-order valence-corrected chi connectivity index (χ0v) is 11.6. The van der Waals surface area contributed by atoms with Gasteiger partial charge in [-0.1, -0.05) is 17.7 Å². The third kappa shape index (κ3) is 3.59. The number of rotatable bonds is 4. The standard InChI is InChI=1S/C13H15N3O2S/c1-10-3-5-13(6-4-10)19(17,18)16-9-12-8-14-11(2)7-15-12/h3-8,16H,9H2,1-2H3. The van der Waals surface area contributed by atoms with E-state index in [9.17, 15) is 8.42 Å². The Balaban J connectivity index is 2.09. The highest BCUT2D eigenvalue weighted by molar-refractivity contribution is 7.89. The maximum absolute atomic E-state index is 12.0. The molecule has 100 valence electrons. The highest BCUT2D eigenvalue weighted by Gasteiger charge is 2.13. The SMILES string of the molecule is Cc1ccc(S(=O)(=O)NCc2cnc(C)cn2)cc1. The van der Waals surface area contributed by atoms with Gasteiger partial charge in [-0.05, 0) is 26.0 Å². The fraction of sp³-hybridized carbons (Fsp3) is 0.231. The minimum absolute atomic E-state index is 0.128. The molecular weight excluding hydrogens is 262 g/mol. The molecule has 1 heterocycles. The molecule has 0 saturated carbocycles. The molecule has 19 heavy (non-hydrogen) atoms. The van der Waals surface area contributed by atoms with Crippen LogP contribution in [0, 0.1) is 13.8 Å². The first kappa shape index (κ1) is 13.6. The summed E-state index contributed by atoms with van der Waals surface area (Å²) >= 11 is 0. The van der Waals surface area contributed by atoms with Gasteiger partial charge in [-0.15, -0.1) is 0 Å². The predicted octanol–water partition coefficient (Wildman–Crippen LogP) is 1.57. The van der Waals surface area contributed by atoms with Gasteiger partial charge < -0.3 is 0 Å². The van der Waals surface area contributed by atoms with Gasteiger partial charge in [0.05, 0.1) is 29.0 Å². The smallest absolute Gasteiger partial charge is 0.240 e. The lowest BCUT2D eigenvalue weighted by Gasteiger charge is -2.06. The highest BCUT2D eigenvalue weighted by atomic mass is 32.2. The summed E-state index contributed by atoms with van der Waals surface area (Å²) in [6, 6.07) is 6.69. The summed E-state index contributed by atoms with van der Waals surface area (Å²) < 4.78 is 26.5. The minimum Gasteiger partial charge on any atom is -0.258 e. The molecule has 6 heteroatoms. The quantitative estimate of drug-likeness (QED) is 0.920. The van der Waals surface area contributed by atoms with Crippen molar-refractivity contribution in [3.05, 3.63) is 53.6 Å². The largest absolute Gasteiger partial charge is 0.258 e. The van der Waals surface area contributed by atoms with Crippen LogP contribution in [0.1, 0.15) is 17.0 Å². The van der Waals surface area contributed by atoms with Crippen molar-refractivity contribution in [3.8, 4) is 0 Å². The molecule has 1 aromatic carbocycles. The minimum atomic E-state index is -3.50. The van der Waals surface area contributed by atoms with E-state index in [1.165, 1.54) is 0 Å². The molecular formula is C13H15N3O2S. The van der Waals surface area contributed by atoms with Gasteiger partial charge >= 0.3 is 0 Å². The van der Waals surface area contributed by atoms with Crippen LogP contribution in [-0.2, 0) is 16.6 Å². The van der Waals surface area contributed by atoms with Crippen LogP contribution in [0.15, 0.2) is 41.6 Å². The van der Waals surface area contributed by atoms with Gasteiger partial charge in [0.2, 0.25) is 10.0 Å². The van der Waals surface area contributed by atoms with E-state index in [0.717, 1.165) is 11.3 Å². The summed E-state index contributed by atoms with van der Waals surface area (Å²) in [6.45, 7) is 3.86. The Morgan fingerprint density at radius 2 is 1.74 bits per heavy atom. The van der Waals surface area contributed by atoms with Crippen molar-refractivity contribution in [1.82, 2.24) is 14.7 Å². The monoisotopic (exact) mass is 277 g/mol. The third-order valence-corrected chi connectivity index (χ3v) is 4.03. The lowest BCUT2D eigenvalue weighted by atomic mass is 10.2. The van der Waals surface area contributed by atoms with E-state index in [0.29, 0.717) is 5.69 Å². The molecule has 0 atom stereocenters. The molecule has 0 aliphatic rings. The summed E-state index contributed by atoms with van der Waals surface area (Å²) in [4.78, 5) is 8.41. The van der Waals surface area contributed by atoms with Crippen molar-refractivity contribution in [2.75, 3.05) is 0 Å². The fourth-order valence-corrected chi connectivity index (χ4v) is 2.48. The van der Waals surface area contributed by atoms with Crippen LogP contribution in [0.2, 0.25) is 0 Å². The number of nitrogens with zero attached hydrogens (tertiary/aromatic N) is 2. The van der Waals surface area contributed by atoms with Crippen LogP contribution in [0.25, 0.3) is 0 Å². The second-order valence-electron chi connectivity index (χ2n) is 4.29. The highest BCUT2D eigenvalue weighted by Crippen LogP contribution is 2.10. The Hall–Kier alpha value is -1.79. The first-order chi connectivity index (χ1) is 8.97. The zero-order valence-electron chi connectivity index (χ0n) is 10.8. The van der Waals surface area contributed by atoms with Gasteiger partial charge in [-0.25, -0.2) is 13.1 Å². The van der Waals surface area contributed by atoms with E-state index in [4.69, 9.17) is 0 Å². The van der Waals surface area contributed by atoms with E-state index in [2.05, 4.69) is 14.7 Å². The average Bonchev–Trinajstić information content (AvgIpc) is 2.39. The Morgan fingerprint density at radius 1 is 1.05 bits per heavy atom. The second-order valence-corrected chi connectivity index (χ2v) is 6.05. The van der Waals surface area contributed by atoms with Crippen LogP contribution >= 0.6 is 0 Å². The summed E-state index contributed by atoms with van der Waals surface area (Å²) in [5.41, 5.74) is 2.40. The number of hydrogen-bond acceptors (Lipinski definition) is 4. The Morgan fingerprint density at radius 3 is 2.32 bits per heavy atom. The Kier molecular flexibility index (Phi) is 3.92. The molecule has 0 fully saturated rings. The Bertz CT molecular complexity index is 649. The van der Waals surface area contributed by atoms with Crippen LogP contribution in [0.5, 0.6) is 0 Å². The Labute approximate surface area is 112 Å². The van der Waals surface area contributed by atoms with E-state index in [1.807, 2.05) is 13.8 Å². The van der Waals surface area contributed by atoms with Crippen LogP contribution in [-0.4, -0.2) is 18.4 Å². The van der Waals surface area contributed by atoms with Gasteiger partial charge in [0, 0.05) is 6.20 Å². The van der Waals surface area contributed by atoms with Crippen molar-refractivity contribution in [2.45, 2.75) is 25.3 Å². The van der Waals surface area contributed by atoms with Gasteiger partial charge in [-0.3, -0.25) is 9.97 Å². The molecule has 5 nitrogen and oxygen atoms in total. The van der Waals surface area contributed by atoms with E-state index >= 15 is 0 Å². The number of benzene rings is 1. The van der Waals surface area contributed by atoms with Crippen molar-refractivity contribution in [1.29, 1.82) is 0 Å². The summed E-state index contributed by atoms with van der Waals surface area (Å²) in [6.07, 6.45) is 3.17. The van der Waals surface area contributed by atoms with Gasteiger partial charge in [0.25, 0.3) is 0 Å². The molecule has 1 aromatic heterocycles. The molecule has 0 saturated heterocycles. The third-order valence-electron chi connectivity index (χ3n) is 2.61. The molecule has 0 amide bonds. The van der Waals surface area contributed by atoms with Crippen molar-refractivity contribution in [2.24, 2.45) is 0 Å². The summed E-state index contributed by atoms with van der Waals surface area (Å²) in [5.74, 6) is 0. The maximum Gasteiger partial charge on any atom is 0.240 e. The molecule has 0 radical (unpaired) electrons. The molecule has 0 unspecified atom stereocenters. The lowest BCUT2D eigenvalue weighted by molar-refractivity contribution is 0.580. The predicted molar refractivity (Wildman–Crippen MR) is 72.0 cm³/mol. The van der Waals surface area contributed by atoms with E-state index < -0.39 is 10.0 Å². The van der Waals surface area contributed by atoms with Crippen molar-refractivity contribution >= 4 is 10.0 Å². The number of hydrogen-bond donors (Lipinski definition) is 1. The van der Waals surface area contributed by atoms with Gasteiger partial charge in [0.15, 0.2) is 0 Å². The van der Waals surface area contributed by atoms with Crippen LogP contribution < -0.4 is 4.72 Å². The van der Waals surface area contributed by atoms with Gasteiger partial charge in [0.1, 0.15) is 0 Å². The summed E-state index contributed by atoms with van der Waals surface area (Å²) in [7, 11) is -3.50. The van der Waals surface area contributed by atoms with Crippen molar-refractivity contribution in [3.63, 3.8) is 0 Å². The molecule has 2 rings (SSSR count). The molecule has 0 aliphatic carbocycles. The molecule has 0 spiro atoms. The van der Waals surface area contributed by atoms with E-state index in [1.54, 1.807) is 36.7 Å². The van der Waals surface area contributed by atoms with Gasteiger partial charge in [-0.2, -0.15) is 0 Å². The lowest BCUT2D eigenvalue weighted by Crippen LogP contribution is -2.23. The number of sulfonamides is 1. The fourth-order valence-electron chi connectivity index (χ4n) is 1.48. The van der Waals surface area contributed by atoms with Crippen LogP contribution in [0.4, 0.5) is 0 Å². The van der Waals surface area contributed by atoms with Crippen LogP contribution in [0.3, 0.4) is 0 Å². The van der Waals surface area contributed by atoms with E-state index in [-0.39, 0.29) is 11.4 Å². The molecule has 2 aromatic rings. The zero-order chi connectivity index (χ0) is 13.9. The first-order valence-electron chi connectivity index (χ1n) is 5.81. The second kappa shape index (κ2) is 5.46. The maximum atomic E-state index is 12.0.